The molecule has 12 heavy (non-hydrogen) atoms. The Morgan fingerprint density at radius 3 is 2.00 bits per heavy atom. The molecule has 0 aliphatic rings. The van der Waals surface area contributed by atoms with E-state index in [4.69, 9.17) is 15.3 Å². The Hall–Kier alpha value is -0.250. The standard InChI is InChI=1S/C4H10O7S/c1-3(4(5,6)7)11-12(8,9)10-2/h3,5-7H,1-2H3. The van der Waals surface area contributed by atoms with Crippen LogP contribution in [0.1, 0.15) is 6.92 Å². The summed E-state index contributed by atoms with van der Waals surface area (Å²) >= 11 is 0. The third-order valence-electron chi connectivity index (χ3n) is 1.01. The Bertz CT molecular complexity index is 224. The lowest BCUT2D eigenvalue weighted by Crippen LogP contribution is -2.42. The topological polar surface area (TPSA) is 113 Å². The van der Waals surface area contributed by atoms with E-state index in [2.05, 4.69) is 8.37 Å². The van der Waals surface area contributed by atoms with Crippen LogP contribution in [0.3, 0.4) is 0 Å². The number of hydrogen-bond acceptors (Lipinski definition) is 7. The van der Waals surface area contributed by atoms with E-state index in [1.165, 1.54) is 0 Å². The highest BCUT2D eigenvalue weighted by molar-refractivity contribution is 7.81. The van der Waals surface area contributed by atoms with Gasteiger partial charge in [0.2, 0.25) is 0 Å². The Morgan fingerprint density at radius 1 is 1.33 bits per heavy atom. The highest BCUT2D eigenvalue weighted by Crippen LogP contribution is 2.09. The van der Waals surface area contributed by atoms with Gasteiger partial charge in [-0.1, -0.05) is 0 Å². The first-order valence-electron chi connectivity index (χ1n) is 2.85. The minimum absolute atomic E-state index is 0.829. The minimum Gasteiger partial charge on any atom is -0.342 e. The molecular formula is C4H10O7S. The summed E-state index contributed by atoms with van der Waals surface area (Å²) in [6.45, 7) is 0.941. The van der Waals surface area contributed by atoms with Gasteiger partial charge < -0.3 is 15.3 Å². The van der Waals surface area contributed by atoms with Crippen molar-refractivity contribution in [2.75, 3.05) is 7.11 Å². The van der Waals surface area contributed by atoms with Crippen LogP contribution in [0.25, 0.3) is 0 Å². The predicted octanol–water partition coefficient (Wildman–Crippen LogP) is -2.09. The molecule has 3 N–H and O–H groups in total. The van der Waals surface area contributed by atoms with Crippen LogP contribution in [0.2, 0.25) is 0 Å². The van der Waals surface area contributed by atoms with Gasteiger partial charge in [-0.25, -0.2) is 4.18 Å². The Morgan fingerprint density at radius 2 is 1.75 bits per heavy atom. The van der Waals surface area contributed by atoms with E-state index in [1.54, 1.807) is 0 Å². The van der Waals surface area contributed by atoms with Crippen molar-refractivity contribution in [3.8, 4) is 0 Å². The zero-order valence-corrected chi connectivity index (χ0v) is 7.28. The van der Waals surface area contributed by atoms with Gasteiger partial charge in [0, 0.05) is 0 Å². The maximum Gasteiger partial charge on any atom is 0.400 e. The van der Waals surface area contributed by atoms with Crippen molar-refractivity contribution >= 4 is 10.4 Å². The van der Waals surface area contributed by atoms with E-state index in [1.807, 2.05) is 0 Å². The van der Waals surface area contributed by atoms with Gasteiger partial charge in [-0.05, 0) is 6.92 Å². The third-order valence-corrected chi connectivity index (χ3v) is 1.94. The van der Waals surface area contributed by atoms with Crippen molar-refractivity contribution in [1.82, 2.24) is 0 Å². The van der Waals surface area contributed by atoms with Gasteiger partial charge in [0.25, 0.3) is 0 Å². The molecule has 0 aromatic heterocycles. The summed E-state index contributed by atoms with van der Waals surface area (Å²) in [6.07, 6.45) is -1.73. The molecule has 0 saturated heterocycles. The molecule has 0 heterocycles. The van der Waals surface area contributed by atoms with Crippen LogP contribution >= 0.6 is 0 Å². The number of rotatable bonds is 4. The van der Waals surface area contributed by atoms with Gasteiger partial charge in [0.15, 0.2) is 6.10 Å². The smallest absolute Gasteiger partial charge is 0.342 e. The molecule has 0 aromatic carbocycles. The molecule has 0 rings (SSSR count). The van der Waals surface area contributed by atoms with Crippen LogP contribution in [-0.2, 0) is 18.8 Å². The summed E-state index contributed by atoms with van der Waals surface area (Å²) in [5, 5.41) is 25.2. The van der Waals surface area contributed by atoms with Gasteiger partial charge in [0.1, 0.15) is 0 Å². The summed E-state index contributed by atoms with van der Waals surface area (Å²) in [7, 11) is -3.45. The third kappa shape index (κ3) is 3.95. The summed E-state index contributed by atoms with van der Waals surface area (Å²) in [5.41, 5.74) is 0. The molecule has 7 nitrogen and oxygen atoms in total. The maximum atomic E-state index is 10.5. The van der Waals surface area contributed by atoms with Crippen molar-refractivity contribution in [2.24, 2.45) is 0 Å². The van der Waals surface area contributed by atoms with Crippen LogP contribution in [0.5, 0.6) is 0 Å². The fourth-order valence-corrected chi connectivity index (χ4v) is 0.842. The van der Waals surface area contributed by atoms with E-state index in [-0.39, 0.29) is 0 Å². The lowest BCUT2D eigenvalue weighted by Gasteiger charge is -2.20. The quantitative estimate of drug-likeness (QED) is 0.448. The van der Waals surface area contributed by atoms with Gasteiger partial charge in [-0.3, -0.25) is 4.18 Å². The molecule has 0 spiro atoms. The Labute approximate surface area is 69.5 Å². The molecule has 0 radical (unpaired) electrons. The lowest BCUT2D eigenvalue weighted by atomic mass is 10.3. The molecule has 74 valence electrons. The van der Waals surface area contributed by atoms with Crippen LogP contribution < -0.4 is 0 Å². The molecule has 0 aliphatic carbocycles. The van der Waals surface area contributed by atoms with Gasteiger partial charge >= 0.3 is 16.4 Å². The fourth-order valence-electron chi connectivity index (χ4n) is 0.281. The van der Waals surface area contributed by atoms with E-state index < -0.39 is 22.5 Å². The number of hydrogen-bond donors (Lipinski definition) is 3. The SMILES string of the molecule is COS(=O)(=O)OC(C)C(O)(O)O. The molecule has 1 unspecified atom stereocenters. The first-order valence-corrected chi connectivity index (χ1v) is 4.18. The largest absolute Gasteiger partial charge is 0.400 e. The van der Waals surface area contributed by atoms with Gasteiger partial charge in [0.05, 0.1) is 7.11 Å². The maximum absolute atomic E-state index is 10.5. The molecule has 0 bridgehead atoms. The monoisotopic (exact) mass is 202 g/mol. The van der Waals surface area contributed by atoms with Crippen LogP contribution in [0.15, 0.2) is 0 Å². The van der Waals surface area contributed by atoms with Crippen molar-refractivity contribution < 1.29 is 32.1 Å². The second-order valence-corrected chi connectivity index (χ2v) is 3.34. The van der Waals surface area contributed by atoms with E-state index in [0.717, 1.165) is 14.0 Å². The molecule has 8 heteroatoms. The molecule has 0 saturated carbocycles. The highest BCUT2D eigenvalue weighted by Gasteiger charge is 2.33. The molecule has 1 atom stereocenters. The van der Waals surface area contributed by atoms with Crippen molar-refractivity contribution in [2.45, 2.75) is 19.0 Å². The number of aliphatic hydroxyl groups is 3. The zero-order valence-electron chi connectivity index (χ0n) is 6.46. The van der Waals surface area contributed by atoms with Crippen molar-refractivity contribution in [3.63, 3.8) is 0 Å². The van der Waals surface area contributed by atoms with Gasteiger partial charge in [-0.15, -0.1) is 0 Å². The van der Waals surface area contributed by atoms with E-state index >= 15 is 0 Å². The summed E-state index contributed by atoms with van der Waals surface area (Å²) in [5.74, 6) is -3.22. The Kier molecular flexibility index (Phi) is 3.57. The van der Waals surface area contributed by atoms with E-state index in [0.29, 0.717) is 0 Å². The first kappa shape index (κ1) is 11.8. The molecular weight excluding hydrogens is 192 g/mol. The molecule has 0 fully saturated rings. The second kappa shape index (κ2) is 3.64. The Balaban J connectivity index is 4.30. The van der Waals surface area contributed by atoms with Crippen LogP contribution in [-0.4, -0.2) is 42.9 Å². The lowest BCUT2D eigenvalue weighted by molar-refractivity contribution is -0.346. The first-order chi connectivity index (χ1) is 5.19. The normalized spacial score (nSPS) is 16.1. The average Bonchev–Trinajstić information content (AvgIpc) is 1.85. The molecule has 0 amide bonds. The van der Waals surface area contributed by atoms with Crippen LogP contribution in [0, 0.1) is 0 Å². The summed E-state index contributed by atoms with van der Waals surface area (Å²) in [4.78, 5) is 0. The summed E-state index contributed by atoms with van der Waals surface area (Å²) in [6, 6.07) is 0. The predicted molar refractivity (Wildman–Crippen MR) is 35.9 cm³/mol. The molecule has 0 aromatic rings. The minimum atomic E-state index is -4.28. The fraction of sp³-hybridized carbons (Fsp3) is 1.00. The van der Waals surface area contributed by atoms with E-state index in [9.17, 15) is 8.42 Å². The molecule has 0 aliphatic heterocycles. The zero-order chi connectivity index (χ0) is 9.99. The second-order valence-electron chi connectivity index (χ2n) is 2.00. The average molecular weight is 202 g/mol. The van der Waals surface area contributed by atoms with Crippen molar-refractivity contribution in [1.29, 1.82) is 0 Å². The van der Waals surface area contributed by atoms with Gasteiger partial charge in [-0.2, -0.15) is 8.42 Å². The van der Waals surface area contributed by atoms with Crippen molar-refractivity contribution in [3.05, 3.63) is 0 Å². The summed E-state index contributed by atoms with van der Waals surface area (Å²) < 4.78 is 28.7. The highest BCUT2D eigenvalue weighted by atomic mass is 32.3. The van der Waals surface area contributed by atoms with Crippen LogP contribution in [0.4, 0.5) is 0 Å².